The number of nitrogens with one attached hydrogen (secondary N) is 2. The highest BCUT2D eigenvalue weighted by atomic mass is 32.1. The molecule has 0 bridgehead atoms. The summed E-state index contributed by atoms with van der Waals surface area (Å²) < 4.78 is 18.1. The van der Waals surface area contributed by atoms with Crippen LogP contribution >= 0.6 is 11.3 Å². The van der Waals surface area contributed by atoms with Crippen LogP contribution < -0.4 is 29.6 Å². The SMILES string of the molecule is CCNC(=O)NCCCn1c(-c2ccc(OC)cc2)csc1=NC(=O)CCc1ccc2c(c1)OCO2. The third kappa shape index (κ3) is 6.45. The van der Waals surface area contributed by atoms with Crippen LogP contribution in [-0.4, -0.2) is 43.5 Å². The first-order valence-electron chi connectivity index (χ1n) is 11.9. The maximum absolute atomic E-state index is 12.8. The molecule has 0 fully saturated rings. The number of hydrogen-bond donors (Lipinski definition) is 2. The molecule has 0 radical (unpaired) electrons. The number of benzene rings is 2. The zero-order chi connectivity index (χ0) is 25.3. The van der Waals surface area contributed by atoms with Gasteiger partial charge in [0.05, 0.1) is 12.8 Å². The quantitative estimate of drug-likeness (QED) is 0.405. The molecule has 0 saturated carbocycles. The van der Waals surface area contributed by atoms with Gasteiger partial charge in [-0.1, -0.05) is 6.07 Å². The minimum atomic E-state index is -0.190. The third-order valence-electron chi connectivity index (χ3n) is 5.65. The number of aromatic nitrogens is 1. The number of hydrogen-bond acceptors (Lipinski definition) is 6. The van der Waals surface area contributed by atoms with Gasteiger partial charge in [0.1, 0.15) is 5.75 Å². The average molecular weight is 511 g/mol. The summed E-state index contributed by atoms with van der Waals surface area (Å²) in [4.78, 5) is 29.5. The number of rotatable bonds is 10. The lowest BCUT2D eigenvalue weighted by molar-refractivity contribution is -0.118. The van der Waals surface area contributed by atoms with Gasteiger partial charge < -0.3 is 29.4 Å². The van der Waals surface area contributed by atoms with Crippen molar-refractivity contribution in [3.8, 4) is 28.5 Å². The summed E-state index contributed by atoms with van der Waals surface area (Å²) in [6.07, 6.45) is 1.54. The van der Waals surface area contributed by atoms with E-state index in [-0.39, 0.29) is 25.2 Å². The Kier molecular flexibility index (Phi) is 8.62. The molecule has 2 aromatic carbocycles. The average Bonchev–Trinajstić information content (AvgIpc) is 3.52. The molecular weight excluding hydrogens is 480 g/mol. The van der Waals surface area contributed by atoms with Gasteiger partial charge in [-0.3, -0.25) is 4.79 Å². The lowest BCUT2D eigenvalue weighted by Crippen LogP contribution is -2.36. The highest BCUT2D eigenvalue weighted by Crippen LogP contribution is 2.32. The molecule has 10 heteroatoms. The number of urea groups is 1. The molecule has 0 saturated heterocycles. The number of amides is 3. The summed E-state index contributed by atoms with van der Waals surface area (Å²) in [5.41, 5.74) is 2.96. The molecule has 0 spiro atoms. The van der Waals surface area contributed by atoms with E-state index in [1.54, 1.807) is 7.11 Å². The van der Waals surface area contributed by atoms with E-state index in [0.717, 1.165) is 28.3 Å². The number of carbonyl (C=O) groups is 2. The second kappa shape index (κ2) is 12.3. The minimum absolute atomic E-state index is 0.188. The molecule has 1 aromatic heterocycles. The molecule has 1 aliphatic rings. The molecule has 3 aromatic rings. The number of fused-ring (bicyclic) bond motifs is 1. The Morgan fingerprint density at radius 2 is 1.92 bits per heavy atom. The second-order valence-electron chi connectivity index (χ2n) is 8.12. The molecule has 190 valence electrons. The summed E-state index contributed by atoms with van der Waals surface area (Å²) in [6, 6.07) is 13.3. The summed E-state index contributed by atoms with van der Waals surface area (Å²) in [6.45, 7) is 3.78. The first-order valence-corrected chi connectivity index (χ1v) is 12.8. The van der Waals surface area contributed by atoms with Gasteiger partial charge in [-0.05, 0) is 67.3 Å². The molecule has 1 aliphatic heterocycles. The van der Waals surface area contributed by atoms with Crippen molar-refractivity contribution in [2.24, 2.45) is 4.99 Å². The van der Waals surface area contributed by atoms with E-state index in [1.165, 1.54) is 11.3 Å². The molecule has 9 nitrogen and oxygen atoms in total. The van der Waals surface area contributed by atoms with Crippen LogP contribution in [0, 0.1) is 0 Å². The topological polar surface area (TPSA) is 103 Å². The third-order valence-corrected chi connectivity index (χ3v) is 6.51. The number of ether oxygens (including phenoxy) is 3. The van der Waals surface area contributed by atoms with Crippen molar-refractivity contribution in [1.82, 2.24) is 15.2 Å². The standard InChI is InChI=1S/C26H30N4O5S/c1-3-27-25(32)28-13-4-14-30-21(19-7-9-20(33-2)10-8-19)16-36-26(30)29-24(31)12-6-18-5-11-22-23(15-18)35-17-34-22/h5,7-11,15-16H,3-4,6,12-14,17H2,1-2H3,(H2,27,28,32). The largest absolute Gasteiger partial charge is 0.497 e. The maximum Gasteiger partial charge on any atom is 0.314 e. The number of aryl methyl sites for hydroxylation is 1. The van der Waals surface area contributed by atoms with Gasteiger partial charge >= 0.3 is 6.03 Å². The van der Waals surface area contributed by atoms with Crippen LogP contribution in [0.15, 0.2) is 52.8 Å². The van der Waals surface area contributed by atoms with E-state index in [1.807, 2.05) is 59.3 Å². The first kappa shape index (κ1) is 25.3. The summed E-state index contributed by atoms with van der Waals surface area (Å²) >= 11 is 1.43. The summed E-state index contributed by atoms with van der Waals surface area (Å²) in [7, 11) is 1.63. The van der Waals surface area contributed by atoms with E-state index < -0.39 is 0 Å². The van der Waals surface area contributed by atoms with Gasteiger partial charge in [-0.2, -0.15) is 4.99 Å². The molecule has 2 heterocycles. The first-order chi connectivity index (χ1) is 17.6. The van der Waals surface area contributed by atoms with Crippen LogP contribution in [0.25, 0.3) is 11.3 Å². The van der Waals surface area contributed by atoms with E-state index in [2.05, 4.69) is 15.6 Å². The van der Waals surface area contributed by atoms with Crippen molar-refractivity contribution in [3.63, 3.8) is 0 Å². The fraction of sp³-hybridized carbons (Fsp3) is 0.346. The summed E-state index contributed by atoms with van der Waals surface area (Å²) in [5.74, 6) is 2.01. The Balaban J connectivity index is 1.49. The molecule has 0 aliphatic carbocycles. The smallest absolute Gasteiger partial charge is 0.314 e. The molecule has 0 atom stereocenters. The lowest BCUT2D eigenvalue weighted by Gasteiger charge is -2.11. The van der Waals surface area contributed by atoms with Crippen molar-refractivity contribution in [1.29, 1.82) is 0 Å². The van der Waals surface area contributed by atoms with Gasteiger partial charge in [-0.25, -0.2) is 4.79 Å². The number of nitrogens with zero attached hydrogens (tertiary/aromatic N) is 2. The zero-order valence-electron chi connectivity index (χ0n) is 20.4. The number of thiazole rings is 1. The molecular formula is C26H30N4O5S. The van der Waals surface area contributed by atoms with E-state index in [9.17, 15) is 9.59 Å². The van der Waals surface area contributed by atoms with Crippen molar-refractivity contribution in [2.75, 3.05) is 27.0 Å². The van der Waals surface area contributed by atoms with E-state index >= 15 is 0 Å². The van der Waals surface area contributed by atoms with Gasteiger partial charge in [0.15, 0.2) is 16.3 Å². The normalized spacial score (nSPS) is 12.4. The van der Waals surface area contributed by atoms with Gasteiger partial charge in [0, 0.05) is 31.4 Å². The fourth-order valence-corrected chi connectivity index (χ4v) is 4.75. The van der Waals surface area contributed by atoms with E-state index in [4.69, 9.17) is 14.2 Å². The fourth-order valence-electron chi connectivity index (χ4n) is 3.80. The molecule has 36 heavy (non-hydrogen) atoms. The molecule has 3 amide bonds. The van der Waals surface area contributed by atoms with Gasteiger partial charge in [0.2, 0.25) is 12.7 Å². The number of carbonyl (C=O) groups excluding carboxylic acids is 2. The van der Waals surface area contributed by atoms with Crippen molar-refractivity contribution in [2.45, 2.75) is 32.7 Å². The zero-order valence-corrected chi connectivity index (χ0v) is 21.2. The predicted octanol–water partition coefficient (Wildman–Crippen LogP) is 3.72. The second-order valence-corrected chi connectivity index (χ2v) is 8.95. The minimum Gasteiger partial charge on any atom is -0.497 e. The van der Waals surface area contributed by atoms with Crippen LogP contribution in [0.2, 0.25) is 0 Å². The van der Waals surface area contributed by atoms with Crippen LogP contribution in [0.5, 0.6) is 17.2 Å². The monoisotopic (exact) mass is 510 g/mol. The van der Waals surface area contributed by atoms with Crippen LogP contribution in [0.3, 0.4) is 0 Å². The predicted molar refractivity (Wildman–Crippen MR) is 137 cm³/mol. The highest BCUT2D eigenvalue weighted by molar-refractivity contribution is 7.07. The van der Waals surface area contributed by atoms with E-state index in [0.29, 0.717) is 43.0 Å². The molecule has 0 unspecified atom stereocenters. The van der Waals surface area contributed by atoms with Gasteiger partial charge in [-0.15, -0.1) is 11.3 Å². The lowest BCUT2D eigenvalue weighted by atomic mass is 10.1. The molecule has 2 N–H and O–H groups in total. The molecule has 4 rings (SSSR count). The van der Waals surface area contributed by atoms with Crippen LogP contribution in [0.1, 0.15) is 25.3 Å². The van der Waals surface area contributed by atoms with Crippen molar-refractivity contribution < 1.29 is 23.8 Å². The van der Waals surface area contributed by atoms with Crippen molar-refractivity contribution in [3.05, 3.63) is 58.2 Å². The van der Waals surface area contributed by atoms with Crippen LogP contribution in [0.4, 0.5) is 4.79 Å². The maximum atomic E-state index is 12.8. The van der Waals surface area contributed by atoms with Crippen LogP contribution in [-0.2, 0) is 17.8 Å². The van der Waals surface area contributed by atoms with Crippen molar-refractivity contribution >= 4 is 23.3 Å². The Bertz CT molecular complexity index is 1270. The highest BCUT2D eigenvalue weighted by Gasteiger charge is 2.14. The Labute approximate surface area is 213 Å². The Morgan fingerprint density at radius 3 is 2.69 bits per heavy atom. The Morgan fingerprint density at radius 1 is 1.11 bits per heavy atom. The van der Waals surface area contributed by atoms with Gasteiger partial charge in [0.25, 0.3) is 0 Å². The summed E-state index contributed by atoms with van der Waals surface area (Å²) in [5, 5.41) is 7.57. The Hall–Kier alpha value is -3.79. The number of methoxy groups -OCH3 is 1.